The maximum Gasteiger partial charge on any atom is 0.224 e. The molecule has 15 heavy (non-hydrogen) atoms. The normalized spacial score (nSPS) is 13.6. The molecule has 2 nitrogen and oxygen atoms in total. The molecule has 0 aromatic carbocycles. The molecule has 0 spiro atoms. The van der Waals surface area contributed by atoms with Gasteiger partial charge >= 0.3 is 0 Å². The van der Waals surface area contributed by atoms with Crippen LogP contribution >= 0.6 is 0 Å². The molecule has 0 N–H and O–H groups in total. The van der Waals surface area contributed by atoms with Crippen LogP contribution < -0.4 is 0 Å². The molecule has 91 valence electrons. The first kappa shape index (κ1) is 15.4. The minimum absolute atomic E-state index is 0.508. The van der Waals surface area contributed by atoms with Crippen molar-refractivity contribution in [3.05, 3.63) is 0 Å². The van der Waals surface area contributed by atoms with Gasteiger partial charge in [-0.05, 0) is 25.7 Å². The molecule has 0 unspecified atom stereocenters. The van der Waals surface area contributed by atoms with Crippen molar-refractivity contribution in [3.8, 4) is 0 Å². The topological polar surface area (TPSA) is 6.48 Å². The molecular formula is C11H29N2Si2. The quantitative estimate of drug-likeness (QED) is 0.664. The van der Waals surface area contributed by atoms with E-state index in [4.69, 9.17) is 0 Å². The Morgan fingerprint density at radius 1 is 1.07 bits per heavy atom. The first-order chi connectivity index (χ1) is 6.75. The van der Waals surface area contributed by atoms with Gasteiger partial charge in [0, 0.05) is 0 Å². The molecule has 0 rings (SSSR count). The number of rotatable bonds is 6. The molecule has 0 atom stereocenters. The highest BCUT2D eigenvalue weighted by molar-refractivity contribution is 6.82. The molecule has 0 fully saturated rings. The first-order valence-electron chi connectivity index (χ1n) is 6.11. The molecular weight excluding hydrogens is 216 g/mol. The summed E-state index contributed by atoms with van der Waals surface area (Å²) in [5.74, 6) is 0. The minimum Gasteiger partial charge on any atom is -0.336 e. The highest BCUT2D eigenvalue weighted by Crippen LogP contribution is 2.20. The lowest BCUT2D eigenvalue weighted by atomic mass is 10.6. The van der Waals surface area contributed by atoms with Crippen LogP contribution in [0.3, 0.4) is 0 Å². The second kappa shape index (κ2) is 6.18. The van der Waals surface area contributed by atoms with Crippen LogP contribution in [-0.4, -0.2) is 46.3 Å². The van der Waals surface area contributed by atoms with Crippen molar-refractivity contribution in [1.29, 1.82) is 0 Å². The fraction of sp³-hybridized carbons (Fsp3) is 1.00. The van der Waals surface area contributed by atoms with Gasteiger partial charge in [-0.1, -0.05) is 47.3 Å². The van der Waals surface area contributed by atoms with E-state index in [1.165, 1.54) is 13.1 Å². The maximum absolute atomic E-state index is 2.73. The first-order valence-corrected chi connectivity index (χ1v) is 11.0. The lowest BCUT2D eigenvalue weighted by Crippen LogP contribution is -2.61. The van der Waals surface area contributed by atoms with Crippen molar-refractivity contribution < 1.29 is 0 Å². The predicted molar refractivity (Wildman–Crippen MR) is 74.9 cm³/mol. The van der Waals surface area contributed by atoms with Crippen molar-refractivity contribution >= 4 is 17.4 Å². The average molecular weight is 246 g/mol. The molecule has 0 aliphatic heterocycles. The third-order valence-electron chi connectivity index (χ3n) is 2.95. The fourth-order valence-electron chi connectivity index (χ4n) is 1.86. The Labute approximate surface area is 99.5 Å². The highest BCUT2D eigenvalue weighted by Gasteiger charge is 2.34. The fourth-order valence-corrected chi connectivity index (χ4v) is 8.38. The van der Waals surface area contributed by atoms with E-state index < -0.39 is 17.4 Å². The zero-order chi connectivity index (χ0) is 12.2. The Balaban J connectivity index is 4.80. The smallest absolute Gasteiger partial charge is 0.224 e. The van der Waals surface area contributed by atoms with Crippen LogP contribution in [0.5, 0.6) is 0 Å². The minimum atomic E-state index is -1.14. The van der Waals surface area contributed by atoms with E-state index in [-0.39, 0.29) is 0 Å². The van der Waals surface area contributed by atoms with Gasteiger partial charge in [0.25, 0.3) is 0 Å². The van der Waals surface area contributed by atoms with Gasteiger partial charge in [0.2, 0.25) is 9.12 Å². The third kappa shape index (κ3) is 4.38. The van der Waals surface area contributed by atoms with Gasteiger partial charge in [-0.2, -0.15) is 0 Å². The molecule has 0 heterocycles. The molecule has 0 saturated carbocycles. The largest absolute Gasteiger partial charge is 0.336 e. The van der Waals surface area contributed by atoms with Gasteiger partial charge in [-0.25, -0.2) is 0 Å². The molecule has 0 bridgehead atoms. The lowest BCUT2D eigenvalue weighted by Gasteiger charge is -2.43. The van der Waals surface area contributed by atoms with Crippen molar-refractivity contribution in [2.45, 2.75) is 52.9 Å². The van der Waals surface area contributed by atoms with Gasteiger partial charge in [0.1, 0.15) is 8.24 Å². The summed E-state index contributed by atoms with van der Waals surface area (Å²) >= 11 is 0. The molecule has 0 amide bonds. The van der Waals surface area contributed by atoms with Crippen LogP contribution in [0, 0.1) is 0 Å². The molecule has 0 saturated heterocycles. The van der Waals surface area contributed by atoms with E-state index in [1.54, 1.807) is 0 Å². The molecule has 0 aromatic rings. The van der Waals surface area contributed by atoms with Crippen LogP contribution in [0.2, 0.25) is 25.2 Å². The Hall–Kier alpha value is 0.354. The van der Waals surface area contributed by atoms with Crippen LogP contribution in [0.15, 0.2) is 0 Å². The third-order valence-corrected chi connectivity index (χ3v) is 10.7. The summed E-state index contributed by atoms with van der Waals surface area (Å²) in [7, 11) is 0.693. The van der Waals surface area contributed by atoms with Gasteiger partial charge in [-0.3, -0.25) is 0 Å². The average Bonchev–Trinajstić information content (AvgIpc) is 2.10. The number of nitrogens with zero attached hydrogens (tertiary/aromatic N) is 2. The van der Waals surface area contributed by atoms with E-state index in [9.17, 15) is 0 Å². The molecule has 0 aliphatic rings. The molecule has 4 heteroatoms. The summed E-state index contributed by atoms with van der Waals surface area (Å²) in [6, 6.07) is 0. The van der Waals surface area contributed by atoms with Crippen molar-refractivity contribution in [2.24, 2.45) is 0 Å². The standard InChI is InChI=1S/C11H29N2Si2/c1-9-13(10-2)14(11(3)4)12(5)15(6,7)8/h11H,9-10H2,1-8H3. The second-order valence-electron chi connectivity index (χ2n) is 5.42. The highest BCUT2D eigenvalue weighted by atomic mass is 28.4. The van der Waals surface area contributed by atoms with E-state index >= 15 is 0 Å². The maximum atomic E-state index is 2.73. The SMILES string of the molecule is CCN(CC)[Si](C(C)C)N(C)[Si](C)(C)C. The van der Waals surface area contributed by atoms with E-state index in [2.05, 4.69) is 63.2 Å². The van der Waals surface area contributed by atoms with Crippen molar-refractivity contribution in [2.75, 3.05) is 20.1 Å². The second-order valence-corrected chi connectivity index (χ2v) is 14.0. The lowest BCUT2D eigenvalue weighted by molar-refractivity contribution is 0.435. The van der Waals surface area contributed by atoms with E-state index in [0.717, 1.165) is 5.54 Å². The summed E-state index contributed by atoms with van der Waals surface area (Å²) in [6.07, 6.45) is 0. The Morgan fingerprint density at radius 2 is 1.47 bits per heavy atom. The van der Waals surface area contributed by atoms with Crippen LogP contribution in [0.1, 0.15) is 27.7 Å². The molecule has 0 aromatic heterocycles. The van der Waals surface area contributed by atoms with Crippen LogP contribution in [0.25, 0.3) is 0 Å². The van der Waals surface area contributed by atoms with Crippen LogP contribution in [0.4, 0.5) is 0 Å². The molecule has 0 aliphatic carbocycles. The Bertz CT molecular complexity index is 174. The Kier molecular flexibility index (Phi) is 6.32. The summed E-state index contributed by atoms with van der Waals surface area (Å²) in [6.45, 7) is 19.1. The summed E-state index contributed by atoms with van der Waals surface area (Å²) in [5, 5.41) is 0. The number of hydrogen-bond acceptors (Lipinski definition) is 2. The summed E-state index contributed by atoms with van der Waals surface area (Å²) < 4.78 is 5.41. The van der Waals surface area contributed by atoms with Gasteiger partial charge in [0.15, 0.2) is 0 Å². The van der Waals surface area contributed by atoms with Crippen molar-refractivity contribution in [1.82, 2.24) is 8.80 Å². The predicted octanol–water partition coefficient (Wildman–Crippen LogP) is 2.99. The van der Waals surface area contributed by atoms with Crippen molar-refractivity contribution in [3.63, 3.8) is 0 Å². The number of hydrogen-bond donors (Lipinski definition) is 0. The Morgan fingerprint density at radius 3 is 1.67 bits per heavy atom. The summed E-state index contributed by atoms with van der Waals surface area (Å²) in [5.41, 5.74) is 0.798. The zero-order valence-corrected chi connectivity index (χ0v) is 13.9. The molecule has 1 radical (unpaired) electrons. The monoisotopic (exact) mass is 245 g/mol. The van der Waals surface area contributed by atoms with Crippen LogP contribution in [-0.2, 0) is 0 Å². The zero-order valence-electron chi connectivity index (χ0n) is 11.9. The van der Waals surface area contributed by atoms with E-state index in [1.807, 2.05) is 0 Å². The summed E-state index contributed by atoms with van der Waals surface area (Å²) in [4.78, 5) is 0. The van der Waals surface area contributed by atoms with Gasteiger partial charge < -0.3 is 8.80 Å². The van der Waals surface area contributed by atoms with E-state index in [0.29, 0.717) is 0 Å². The van der Waals surface area contributed by atoms with Gasteiger partial charge in [-0.15, -0.1) is 0 Å². The van der Waals surface area contributed by atoms with Gasteiger partial charge in [0.05, 0.1) is 0 Å².